The molecule has 2 atom stereocenters. The molecule has 1 saturated carbocycles. The number of pyridine rings is 1. The fraction of sp³-hybridized carbons (Fsp3) is 0.591. The van der Waals surface area contributed by atoms with Crippen molar-refractivity contribution in [2.75, 3.05) is 18.5 Å². The van der Waals surface area contributed by atoms with E-state index in [4.69, 9.17) is 19.6 Å². The highest BCUT2D eigenvalue weighted by Gasteiger charge is 2.32. The Balaban J connectivity index is 1.39. The van der Waals surface area contributed by atoms with Gasteiger partial charge in [-0.3, -0.25) is 4.98 Å². The number of hydrogen-bond acceptors (Lipinski definition) is 6. The van der Waals surface area contributed by atoms with Crippen LogP contribution in [0.1, 0.15) is 61.0 Å². The van der Waals surface area contributed by atoms with Crippen molar-refractivity contribution in [2.24, 2.45) is 9.50 Å². The van der Waals surface area contributed by atoms with E-state index in [1.54, 1.807) is 4.68 Å². The summed E-state index contributed by atoms with van der Waals surface area (Å²) >= 11 is 0. The van der Waals surface area contributed by atoms with Crippen LogP contribution in [0.15, 0.2) is 15.5 Å². The van der Waals surface area contributed by atoms with Crippen molar-refractivity contribution in [1.29, 1.82) is 0 Å². The number of anilines is 1. The Kier molecular flexibility index (Phi) is 5.87. The normalized spacial score (nSPS) is 21.0. The van der Waals surface area contributed by atoms with Crippen LogP contribution in [0.2, 0.25) is 0 Å². The molecule has 2 aromatic rings. The van der Waals surface area contributed by atoms with Crippen LogP contribution in [-0.4, -0.2) is 44.3 Å². The van der Waals surface area contributed by atoms with Gasteiger partial charge in [0.15, 0.2) is 9.92 Å². The number of carbonyl (C=O) groups is 1. The van der Waals surface area contributed by atoms with E-state index in [1.807, 2.05) is 13.8 Å². The van der Waals surface area contributed by atoms with Crippen LogP contribution in [0.4, 0.5) is 10.5 Å². The minimum Gasteiger partial charge on any atom is -0.474 e. The maximum atomic E-state index is 13.3. The second-order valence-electron chi connectivity index (χ2n) is 8.94. The number of aromatic nitrogens is 3. The Morgan fingerprint density at radius 2 is 2.24 bits per heavy atom. The Morgan fingerprint density at radius 3 is 3.00 bits per heavy atom. The predicted octanol–water partition coefficient (Wildman–Crippen LogP) is 3.07. The third-order valence-electron chi connectivity index (χ3n) is 6.33. The molecule has 10 nitrogen and oxygen atoms in total. The number of urea groups is 1. The van der Waals surface area contributed by atoms with E-state index in [0.29, 0.717) is 25.7 Å². The zero-order valence-corrected chi connectivity index (χ0v) is 19.8. The SMILES string of the molecule is CCCOC1COc2c(S(N)(=O)=NC(=O)Nc3c(C)c(C4CC4)nc4c3CCC4)cnn2C1. The van der Waals surface area contributed by atoms with Crippen molar-refractivity contribution in [2.45, 2.75) is 75.8 Å². The summed E-state index contributed by atoms with van der Waals surface area (Å²) in [6.07, 6.45) is 7.14. The van der Waals surface area contributed by atoms with Crippen LogP contribution in [0.25, 0.3) is 0 Å². The van der Waals surface area contributed by atoms with Crippen LogP contribution in [0.3, 0.4) is 0 Å². The van der Waals surface area contributed by atoms with Crippen molar-refractivity contribution in [3.05, 3.63) is 28.7 Å². The Morgan fingerprint density at radius 1 is 1.42 bits per heavy atom. The van der Waals surface area contributed by atoms with E-state index < -0.39 is 15.9 Å². The molecule has 1 fully saturated rings. The molecule has 2 aliphatic carbocycles. The topological polar surface area (TPSA) is 134 Å². The number of nitrogens with two attached hydrogens (primary N) is 1. The molecule has 0 saturated heterocycles. The van der Waals surface area contributed by atoms with Gasteiger partial charge >= 0.3 is 6.03 Å². The molecule has 0 spiro atoms. The average Bonchev–Trinajstić information content (AvgIpc) is 3.35. The second kappa shape index (κ2) is 8.69. The first kappa shape index (κ1) is 22.3. The van der Waals surface area contributed by atoms with Crippen LogP contribution < -0.4 is 15.2 Å². The van der Waals surface area contributed by atoms with E-state index in [-0.39, 0.29) is 16.9 Å². The third-order valence-corrected chi connectivity index (χ3v) is 7.68. The Hall–Kier alpha value is -2.50. The molecule has 2 unspecified atom stereocenters. The molecular formula is C22H30N6O4S. The van der Waals surface area contributed by atoms with E-state index in [0.717, 1.165) is 66.7 Å². The van der Waals surface area contributed by atoms with Gasteiger partial charge in [-0.1, -0.05) is 6.92 Å². The Labute approximate surface area is 193 Å². The van der Waals surface area contributed by atoms with Crippen molar-refractivity contribution >= 4 is 21.6 Å². The lowest BCUT2D eigenvalue weighted by Gasteiger charge is -2.24. The number of rotatable bonds is 6. The molecule has 33 heavy (non-hydrogen) atoms. The fourth-order valence-corrected chi connectivity index (χ4v) is 5.57. The average molecular weight is 475 g/mol. The summed E-state index contributed by atoms with van der Waals surface area (Å²) in [6, 6.07) is -0.743. The molecule has 0 aromatic carbocycles. The first-order chi connectivity index (χ1) is 15.9. The first-order valence-corrected chi connectivity index (χ1v) is 13.1. The largest absolute Gasteiger partial charge is 0.474 e. The standard InChI is InChI=1S/C22H30N6O4S/c1-3-9-31-15-11-28-21(32-12-15)18(10-24-28)33(23,30)27-22(29)26-20-13(2)19(14-7-8-14)25-17-6-4-5-16(17)20/h10,14-15H,3-9,11-12H2,1-2H3,(H3,23,25,26,27,29,30). The van der Waals surface area contributed by atoms with Gasteiger partial charge in [0, 0.05) is 23.9 Å². The molecule has 3 N–H and O–H groups in total. The molecule has 1 aliphatic heterocycles. The number of nitrogens with zero attached hydrogens (tertiary/aromatic N) is 4. The maximum Gasteiger partial charge on any atom is 0.354 e. The van der Waals surface area contributed by atoms with Gasteiger partial charge in [-0.15, -0.1) is 4.36 Å². The van der Waals surface area contributed by atoms with E-state index >= 15 is 0 Å². The minimum absolute atomic E-state index is 0.113. The molecule has 2 amide bonds. The monoisotopic (exact) mass is 474 g/mol. The molecule has 5 rings (SSSR count). The number of amides is 2. The fourth-order valence-electron chi connectivity index (χ4n) is 4.57. The summed E-state index contributed by atoms with van der Waals surface area (Å²) in [6.45, 7) is 5.40. The van der Waals surface area contributed by atoms with E-state index in [9.17, 15) is 9.00 Å². The number of nitrogens with one attached hydrogen (secondary N) is 1. The van der Waals surface area contributed by atoms with E-state index in [2.05, 4.69) is 14.8 Å². The number of aryl methyl sites for hydroxylation is 1. The van der Waals surface area contributed by atoms with Gasteiger partial charge in [-0.2, -0.15) is 5.10 Å². The van der Waals surface area contributed by atoms with Gasteiger partial charge in [-0.05, 0) is 56.6 Å². The predicted molar refractivity (Wildman–Crippen MR) is 123 cm³/mol. The summed E-state index contributed by atoms with van der Waals surface area (Å²) in [5, 5.41) is 13.1. The lowest BCUT2D eigenvalue weighted by atomic mass is 10.0. The molecule has 11 heteroatoms. The summed E-state index contributed by atoms with van der Waals surface area (Å²) in [4.78, 5) is 17.8. The number of carbonyl (C=O) groups excluding carboxylic acids is 1. The van der Waals surface area contributed by atoms with Gasteiger partial charge in [-0.25, -0.2) is 18.8 Å². The van der Waals surface area contributed by atoms with Crippen molar-refractivity contribution < 1.29 is 18.5 Å². The number of fused-ring (bicyclic) bond motifs is 2. The minimum atomic E-state index is -3.56. The number of ether oxygens (including phenoxy) is 2. The zero-order valence-electron chi connectivity index (χ0n) is 19.0. The van der Waals surface area contributed by atoms with Crippen molar-refractivity contribution in [1.82, 2.24) is 14.8 Å². The maximum absolute atomic E-state index is 13.3. The molecule has 2 aromatic heterocycles. The third kappa shape index (κ3) is 4.36. The van der Waals surface area contributed by atoms with E-state index in [1.165, 1.54) is 6.20 Å². The van der Waals surface area contributed by atoms with Gasteiger partial charge in [0.05, 0.1) is 18.4 Å². The highest BCUT2D eigenvalue weighted by Crippen LogP contribution is 2.44. The first-order valence-electron chi connectivity index (χ1n) is 11.6. The smallest absolute Gasteiger partial charge is 0.354 e. The van der Waals surface area contributed by atoms with Crippen LogP contribution in [0.5, 0.6) is 5.88 Å². The molecule has 3 heterocycles. The highest BCUT2D eigenvalue weighted by molar-refractivity contribution is 7.91. The van der Waals surface area contributed by atoms with Gasteiger partial charge in [0.2, 0.25) is 5.88 Å². The van der Waals surface area contributed by atoms with Crippen LogP contribution in [-0.2, 0) is 34.0 Å². The van der Waals surface area contributed by atoms with Gasteiger partial charge < -0.3 is 14.8 Å². The quantitative estimate of drug-likeness (QED) is 0.661. The van der Waals surface area contributed by atoms with Gasteiger partial charge in [0.1, 0.15) is 17.6 Å². The van der Waals surface area contributed by atoms with Crippen LogP contribution >= 0.6 is 0 Å². The van der Waals surface area contributed by atoms with Crippen LogP contribution in [0, 0.1) is 6.92 Å². The molecule has 3 aliphatic rings. The van der Waals surface area contributed by atoms with Crippen molar-refractivity contribution in [3.63, 3.8) is 0 Å². The molecule has 0 bridgehead atoms. The van der Waals surface area contributed by atoms with Crippen molar-refractivity contribution in [3.8, 4) is 5.88 Å². The zero-order chi connectivity index (χ0) is 23.2. The summed E-state index contributed by atoms with van der Waals surface area (Å²) in [5.74, 6) is 0.732. The summed E-state index contributed by atoms with van der Waals surface area (Å²) < 4.78 is 30.1. The summed E-state index contributed by atoms with van der Waals surface area (Å²) in [5.41, 5.74) is 4.86. The molecule has 178 valence electrons. The highest BCUT2D eigenvalue weighted by atomic mass is 32.2. The number of hydrogen-bond donors (Lipinski definition) is 2. The van der Waals surface area contributed by atoms with Gasteiger partial charge in [0.25, 0.3) is 0 Å². The molecular weight excluding hydrogens is 444 g/mol. The second-order valence-corrected chi connectivity index (χ2v) is 10.7. The molecule has 0 radical (unpaired) electrons. The summed E-state index contributed by atoms with van der Waals surface area (Å²) in [7, 11) is -3.56. The Bertz CT molecular complexity index is 1210. The lowest BCUT2D eigenvalue weighted by Crippen LogP contribution is -2.33. The lowest BCUT2D eigenvalue weighted by molar-refractivity contribution is -0.0131.